The largest absolute Gasteiger partial charge is 0.361 e. The van der Waals surface area contributed by atoms with Gasteiger partial charge in [0.05, 0.1) is 22.5 Å². The van der Waals surface area contributed by atoms with E-state index in [-0.39, 0.29) is 11.6 Å². The quantitative estimate of drug-likeness (QED) is 0.544. The van der Waals surface area contributed by atoms with Crippen molar-refractivity contribution in [3.63, 3.8) is 0 Å². The minimum atomic E-state index is -0.261. The van der Waals surface area contributed by atoms with E-state index in [1.807, 2.05) is 37.3 Å². The summed E-state index contributed by atoms with van der Waals surface area (Å²) in [6.07, 6.45) is 1.71. The Morgan fingerprint density at radius 3 is 2.81 bits per heavy atom. The lowest BCUT2D eigenvalue weighted by molar-refractivity contribution is 0.0976. The van der Waals surface area contributed by atoms with Crippen LogP contribution < -0.4 is 4.90 Å². The van der Waals surface area contributed by atoms with Gasteiger partial charge in [-0.3, -0.25) is 14.7 Å². The van der Waals surface area contributed by atoms with Crippen molar-refractivity contribution >= 4 is 32.6 Å². The van der Waals surface area contributed by atoms with Crippen LogP contribution in [0.2, 0.25) is 0 Å². The Hall–Kier alpha value is -3.06. The van der Waals surface area contributed by atoms with Crippen molar-refractivity contribution in [2.24, 2.45) is 0 Å². The molecule has 0 saturated heterocycles. The Kier molecular flexibility index (Phi) is 4.22. The van der Waals surface area contributed by atoms with Gasteiger partial charge in [0, 0.05) is 12.3 Å². The summed E-state index contributed by atoms with van der Waals surface area (Å²) in [7, 11) is 0. The van der Waals surface area contributed by atoms with E-state index in [4.69, 9.17) is 4.52 Å². The van der Waals surface area contributed by atoms with Crippen molar-refractivity contribution < 1.29 is 9.32 Å². The van der Waals surface area contributed by atoms with Crippen LogP contribution in [0.5, 0.6) is 0 Å². The maximum Gasteiger partial charge on any atom is 0.282 e. The fourth-order valence-electron chi connectivity index (χ4n) is 2.62. The van der Waals surface area contributed by atoms with Crippen LogP contribution in [0, 0.1) is 13.8 Å². The average molecular weight is 364 g/mol. The molecule has 4 rings (SSSR count). The average Bonchev–Trinajstić information content (AvgIpc) is 3.25. The van der Waals surface area contributed by atoms with E-state index in [0.717, 1.165) is 21.5 Å². The second kappa shape index (κ2) is 6.68. The number of fused-ring (bicyclic) bond motifs is 1. The zero-order valence-corrected chi connectivity index (χ0v) is 15.2. The third-order valence-corrected chi connectivity index (χ3v) is 4.94. The molecule has 1 aromatic carbocycles. The maximum absolute atomic E-state index is 13.0. The van der Waals surface area contributed by atoms with Gasteiger partial charge in [0.1, 0.15) is 5.76 Å². The van der Waals surface area contributed by atoms with Crippen LogP contribution in [0.4, 0.5) is 5.13 Å². The first kappa shape index (κ1) is 16.4. The minimum absolute atomic E-state index is 0.258. The third-order valence-electron chi connectivity index (χ3n) is 3.90. The lowest BCUT2D eigenvalue weighted by atomic mass is 10.2. The molecule has 0 bridgehead atoms. The fourth-order valence-corrected chi connectivity index (χ4v) is 3.68. The van der Waals surface area contributed by atoms with Crippen molar-refractivity contribution in [1.29, 1.82) is 0 Å². The molecule has 0 fully saturated rings. The molecule has 0 N–H and O–H groups in total. The number of amides is 1. The number of anilines is 1. The van der Waals surface area contributed by atoms with Crippen molar-refractivity contribution in [2.45, 2.75) is 20.4 Å². The highest BCUT2D eigenvalue weighted by Gasteiger charge is 2.24. The Labute approximate surface area is 154 Å². The summed E-state index contributed by atoms with van der Waals surface area (Å²) in [6, 6.07) is 13.3. The van der Waals surface area contributed by atoms with Crippen LogP contribution in [0.25, 0.3) is 10.2 Å². The Bertz CT molecular complexity index is 1070. The predicted molar refractivity (Wildman–Crippen MR) is 100 cm³/mol. The zero-order valence-electron chi connectivity index (χ0n) is 14.3. The number of carbonyl (C=O) groups is 1. The topological polar surface area (TPSA) is 72.1 Å². The van der Waals surface area contributed by atoms with Gasteiger partial charge in [-0.05, 0) is 43.7 Å². The van der Waals surface area contributed by atoms with Gasteiger partial charge in [0.15, 0.2) is 10.8 Å². The number of carbonyl (C=O) groups excluding carboxylic acids is 1. The van der Waals surface area contributed by atoms with Crippen LogP contribution in [0.1, 0.15) is 27.5 Å². The van der Waals surface area contributed by atoms with Crippen molar-refractivity contribution in [3.05, 3.63) is 71.4 Å². The molecule has 3 aromatic heterocycles. The highest BCUT2D eigenvalue weighted by Crippen LogP contribution is 2.31. The molecule has 3 heterocycles. The monoisotopic (exact) mass is 364 g/mol. The highest BCUT2D eigenvalue weighted by molar-refractivity contribution is 7.22. The maximum atomic E-state index is 13.0. The fraction of sp³-hybridized carbons (Fsp3) is 0.158. The Morgan fingerprint density at radius 1 is 1.19 bits per heavy atom. The molecule has 0 atom stereocenters. The number of aromatic nitrogens is 3. The molecule has 4 aromatic rings. The van der Waals surface area contributed by atoms with E-state index in [0.29, 0.717) is 17.4 Å². The molecule has 0 unspecified atom stereocenters. The van der Waals surface area contributed by atoms with Crippen LogP contribution in [-0.2, 0) is 6.54 Å². The molecule has 1 amide bonds. The highest BCUT2D eigenvalue weighted by atomic mass is 32.1. The molecule has 0 saturated carbocycles. The van der Waals surface area contributed by atoms with Crippen LogP contribution in [0.3, 0.4) is 0 Å². The number of pyridine rings is 1. The van der Waals surface area contributed by atoms with E-state index < -0.39 is 0 Å². The van der Waals surface area contributed by atoms with Crippen molar-refractivity contribution in [3.8, 4) is 0 Å². The van der Waals surface area contributed by atoms with E-state index in [9.17, 15) is 4.79 Å². The molecule has 6 nitrogen and oxygen atoms in total. The molecule has 0 radical (unpaired) electrons. The van der Waals surface area contributed by atoms with Crippen molar-refractivity contribution in [2.75, 3.05) is 4.90 Å². The first-order valence-electron chi connectivity index (χ1n) is 8.12. The number of hydrogen-bond donors (Lipinski definition) is 0. The summed E-state index contributed by atoms with van der Waals surface area (Å²) in [5.74, 6) is 0.328. The predicted octanol–water partition coefficient (Wildman–Crippen LogP) is 4.14. The van der Waals surface area contributed by atoms with E-state index in [2.05, 4.69) is 21.2 Å². The van der Waals surface area contributed by atoms with Crippen LogP contribution in [-0.4, -0.2) is 21.0 Å². The zero-order chi connectivity index (χ0) is 18.1. The van der Waals surface area contributed by atoms with Gasteiger partial charge in [-0.2, -0.15) is 0 Å². The van der Waals surface area contributed by atoms with Gasteiger partial charge in [-0.25, -0.2) is 4.98 Å². The molecule has 0 aliphatic heterocycles. The first-order chi connectivity index (χ1) is 12.6. The lowest BCUT2D eigenvalue weighted by Crippen LogP contribution is -2.31. The number of nitrogens with zero attached hydrogens (tertiary/aromatic N) is 4. The van der Waals surface area contributed by atoms with E-state index >= 15 is 0 Å². The molecule has 130 valence electrons. The summed E-state index contributed by atoms with van der Waals surface area (Å²) in [5, 5.41) is 4.47. The Balaban J connectivity index is 1.76. The summed E-state index contributed by atoms with van der Waals surface area (Å²) in [6.45, 7) is 4.10. The first-order valence-corrected chi connectivity index (χ1v) is 8.94. The van der Waals surface area contributed by atoms with E-state index in [1.54, 1.807) is 24.1 Å². The second-order valence-electron chi connectivity index (χ2n) is 6.00. The lowest BCUT2D eigenvalue weighted by Gasteiger charge is -2.18. The molecular weight excluding hydrogens is 348 g/mol. The summed E-state index contributed by atoms with van der Waals surface area (Å²) < 4.78 is 6.10. The second-order valence-corrected chi connectivity index (χ2v) is 7.01. The molecule has 0 aliphatic carbocycles. The van der Waals surface area contributed by atoms with Crippen LogP contribution in [0.15, 0.2) is 53.2 Å². The standard InChI is InChI=1S/C19H16N4O2S/c1-12-6-7-15-17(9-12)26-19(21-15)23(11-14-5-3-4-8-20-14)18(24)16-10-13(2)25-22-16/h3-10H,11H2,1-2H3. The number of benzene rings is 1. The van der Waals surface area contributed by atoms with Gasteiger partial charge >= 0.3 is 0 Å². The molecular formula is C19H16N4O2S. The van der Waals surface area contributed by atoms with Gasteiger partial charge < -0.3 is 4.52 Å². The summed E-state index contributed by atoms with van der Waals surface area (Å²) in [5.41, 5.74) is 3.05. The molecule has 7 heteroatoms. The SMILES string of the molecule is Cc1ccc2nc(N(Cc3ccccn3)C(=O)c3cc(C)on3)sc2c1. The van der Waals surface area contributed by atoms with Gasteiger partial charge in [-0.1, -0.05) is 28.6 Å². The van der Waals surface area contributed by atoms with Gasteiger partial charge in [-0.15, -0.1) is 0 Å². The smallest absolute Gasteiger partial charge is 0.282 e. The number of aryl methyl sites for hydroxylation is 2. The number of thiazole rings is 1. The molecule has 26 heavy (non-hydrogen) atoms. The normalized spacial score (nSPS) is 11.0. The van der Waals surface area contributed by atoms with Gasteiger partial charge in [0.25, 0.3) is 5.91 Å². The third kappa shape index (κ3) is 3.21. The number of rotatable bonds is 4. The van der Waals surface area contributed by atoms with Crippen molar-refractivity contribution in [1.82, 2.24) is 15.1 Å². The summed E-state index contributed by atoms with van der Waals surface area (Å²) >= 11 is 1.48. The van der Waals surface area contributed by atoms with Crippen LogP contribution >= 0.6 is 11.3 Å². The summed E-state index contributed by atoms with van der Waals surface area (Å²) in [4.78, 5) is 23.6. The molecule has 0 spiro atoms. The molecule has 0 aliphatic rings. The van der Waals surface area contributed by atoms with E-state index in [1.165, 1.54) is 11.3 Å². The number of hydrogen-bond acceptors (Lipinski definition) is 6. The van der Waals surface area contributed by atoms with Gasteiger partial charge in [0.2, 0.25) is 0 Å². The minimum Gasteiger partial charge on any atom is -0.361 e. The Morgan fingerprint density at radius 2 is 2.08 bits per heavy atom.